The number of carbonyl (C=O) groups is 1. The monoisotopic (exact) mass is 327 g/mol. The Morgan fingerprint density at radius 2 is 1.74 bits per heavy atom. The molecule has 2 aromatic carbocycles. The molecule has 3 nitrogen and oxygen atoms in total. The minimum absolute atomic E-state index is 0.222. The van der Waals surface area contributed by atoms with Crippen LogP contribution in [0.1, 0.15) is 30.4 Å². The van der Waals surface area contributed by atoms with E-state index in [1.165, 1.54) is 5.56 Å². The number of aryl methyl sites for hydroxylation is 1. The van der Waals surface area contributed by atoms with Crippen molar-refractivity contribution in [2.24, 2.45) is 0 Å². The summed E-state index contributed by atoms with van der Waals surface area (Å²) in [4.78, 5) is 12.5. The molecule has 0 aromatic heterocycles. The Hall–Kier alpha value is -2.20. The van der Waals surface area contributed by atoms with E-state index in [1.54, 1.807) is 12.1 Å². The van der Waals surface area contributed by atoms with Crippen LogP contribution in [0.3, 0.4) is 0 Å². The predicted octanol–water partition coefficient (Wildman–Crippen LogP) is 4.19. The quantitative estimate of drug-likeness (QED) is 0.470. The summed E-state index contributed by atoms with van der Waals surface area (Å²) in [5, 5.41) is 3.21. The van der Waals surface area contributed by atoms with Crippen molar-refractivity contribution < 1.29 is 9.53 Å². The standard InChI is InChI=1S/C19H21NO2S/c1-15-10-12-17(13-11-15)22-19(21)9-5-8-18(23)20-14-16-6-3-2-4-7-16/h2-4,6-7,10-13H,5,8-9,14H2,1H3,(H,20,23). The van der Waals surface area contributed by atoms with Gasteiger partial charge in [0, 0.05) is 13.0 Å². The van der Waals surface area contributed by atoms with Gasteiger partial charge < -0.3 is 10.1 Å². The van der Waals surface area contributed by atoms with Gasteiger partial charge in [0.05, 0.1) is 4.99 Å². The first kappa shape index (κ1) is 17.2. The Kier molecular flexibility index (Phi) is 6.76. The van der Waals surface area contributed by atoms with Crippen molar-refractivity contribution in [3.05, 3.63) is 65.7 Å². The fourth-order valence-corrected chi connectivity index (χ4v) is 2.28. The zero-order chi connectivity index (χ0) is 16.5. The van der Waals surface area contributed by atoms with Gasteiger partial charge in [-0.25, -0.2) is 0 Å². The third kappa shape index (κ3) is 6.61. The Morgan fingerprint density at radius 3 is 2.43 bits per heavy atom. The topological polar surface area (TPSA) is 38.3 Å². The van der Waals surface area contributed by atoms with E-state index in [-0.39, 0.29) is 5.97 Å². The van der Waals surface area contributed by atoms with Crippen molar-refractivity contribution in [1.29, 1.82) is 0 Å². The lowest BCUT2D eigenvalue weighted by Gasteiger charge is -2.08. The average Bonchev–Trinajstić information content (AvgIpc) is 2.56. The molecule has 1 N–H and O–H groups in total. The maximum atomic E-state index is 11.8. The number of rotatable bonds is 7. The minimum atomic E-state index is -0.222. The fraction of sp³-hybridized carbons (Fsp3) is 0.263. The summed E-state index contributed by atoms with van der Waals surface area (Å²) in [6, 6.07) is 17.5. The van der Waals surface area contributed by atoms with Crippen molar-refractivity contribution in [3.63, 3.8) is 0 Å². The normalized spacial score (nSPS) is 10.1. The van der Waals surface area contributed by atoms with Gasteiger partial charge in [0.15, 0.2) is 0 Å². The summed E-state index contributed by atoms with van der Waals surface area (Å²) in [6.07, 6.45) is 1.73. The molecule has 0 aliphatic rings. The van der Waals surface area contributed by atoms with Crippen LogP contribution in [-0.2, 0) is 11.3 Å². The summed E-state index contributed by atoms with van der Waals surface area (Å²) in [6.45, 7) is 2.71. The number of benzene rings is 2. The van der Waals surface area contributed by atoms with Crippen LogP contribution in [0.2, 0.25) is 0 Å². The highest BCUT2D eigenvalue weighted by Gasteiger charge is 2.06. The largest absolute Gasteiger partial charge is 0.427 e. The zero-order valence-electron chi connectivity index (χ0n) is 13.2. The SMILES string of the molecule is Cc1ccc(OC(=O)CCCC(=S)NCc2ccccc2)cc1. The molecule has 0 atom stereocenters. The average molecular weight is 327 g/mol. The highest BCUT2D eigenvalue weighted by molar-refractivity contribution is 7.80. The molecular weight excluding hydrogens is 306 g/mol. The van der Waals surface area contributed by atoms with Crippen LogP contribution in [0.4, 0.5) is 0 Å². The molecule has 0 saturated heterocycles. The first-order valence-electron chi connectivity index (χ1n) is 7.71. The van der Waals surface area contributed by atoms with E-state index < -0.39 is 0 Å². The van der Waals surface area contributed by atoms with Gasteiger partial charge in [0.25, 0.3) is 0 Å². The third-order valence-corrected chi connectivity index (χ3v) is 3.72. The van der Waals surface area contributed by atoms with Gasteiger partial charge in [-0.15, -0.1) is 0 Å². The molecule has 0 amide bonds. The Bertz CT molecular complexity index is 638. The van der Waals surface area contributed by atoms with Gasteiger partial charge >= 0.3 is 5.97 Å². The maximum Gasteiger partial charge on any atom is 0.311 e. The van der Waals surface area contributed by atoms with Crippen LogP contribution in [0.5, 0.6) is 5.75 Å². The summed E-state index contributed by atoms with van der Waals surface area (Å²) < 4.78 is 5.28. The number of thiocarbonyl (C=S) groups is 1. The molecule has 0 radical (unpaired) electrons. The maximum absolute atomic E-state index is 11.8. The lowest BCUT2D eigenvalue weighted by Crippen LogP contribution is -2.21. The second-order valence-corrected chi connectivity index (χ2v) is 5.90. The van der Waals surface area contributed by atoms with Crippen molar-refractivity contribution in [1.82, 2.24) is 5.32 Å². The van der Waals surface area contributed by atoms with E-state index >= 15 is 0 Å². The second-order valence-electron chi connectivity index (χ2n) is 5.40. The van der Waals surface area contributed by atoms with Crippen LogP contribution in [0.15, 0.2) is 54.6 Å². The molecule has 120 valence electrons. The predicted molar refractivity (Wildman–Crippen MR) is 96.5 cm³/mol. The van der Waals surface area contributed by atoms with Gasteiger partial charge in [0.1, 0.15) is 5.75 Å². The molecule has 0 heterocycles. The molecule has 23 heavy (non-hydrogen) atoms. The van der Waals surface area contributed by atoms with Crippen molar-refractivity contribution in [2.75, 3.05) is 0 Å². The molecular formula is C19H21NO2S. The molecule has 2 rings (SSSR count). The summed E-state index contributed by atoms with van der Waals surface area (Å²) in [5.74, 6) is 0.366. The highest BCUT2D eigenvalue weighted by Crippen LogP contribution is 2.12. The van der Waals surface area contributed by atoms with E-state index in [4.69, 9.17) is 17.0 Å². The van der Waals surface area contributed by atoms with Gasteiger partial charge in [0.2, 0.25) is 0 Å². The third-order valence-electron chi connectivity index (χ3n) is 3.37. The first-order chi connectivity index (χ1) is 11.1. The number of ether oxygens (including phenoxy) is 1. The van der Waals surface area contributed by atoms with Crippen molar-refractivity contribution in [3.8, 4) is 5.75 Å². The number of carbonyl (C=O) groups excluding carboxylic acids is 1. The Labute approximate surface area is 142 Å². The van der Waals surface area contributed by atoms with Crippen LogP contribution in [0, 0.1) is 6.92 Å². The fourth-order valence-electron chi connectivity index (χ4n) is 2.07. The molecule has 0 aliphatic carbocycles. The summed E-state index contributed by atoms with van der Waals surface area (Å²) in [5.41, 5.74) is 2.33. The Balaban J connectivity index is 1.63. The van der Waals surface area contributed by atoms with Gasteiger partial charge in [-0.3, -0.25) is 4.79 Å². The molecule has 0 aliphatic heterocycles. The van der Waals surface area contributed by atoms with Crippen LogP contribution >= 0.6 is 12.2 Å². The zero-order valence-corrected chi connectivity index (χ0v) is 14.1. The molecule has 0 fully saturated rings. The highest BCUT2D eigenvalue weighted by atomic mass is 32.1. The van der Waals surface area contributed by atoms with E-state index in [1.807, 2.05) is 37.3 Å². The lowest BCUT2D eigenvalue weighted by molar-refractivity contribution is -0.134. The van der Waals surface area contributed by atoms with Crippen molar-refractivity contribution >= 4 is 23.2 Å². The minimum Gasteiger partial charge on any atom is -0.427 e. The van der Waals surface area contributed by atoms with E-state index in [0.717, 1.165) is 10.6 Å². The second kappa shape index (κ2) is 9.06. The molecule has 0 spiro atoms. The van der Waals surface area contributed by atoms with E-state index in [9.17, 15) is 4.79 Å². The molecule has 0 bridgehead atoms. The van der Waals surface area contributed by atoms with Gasteiger partial charge in [-0.05, 0) is 37.5 Å². The van der Waals surface area contributed by atoms with Gasteiger partial charge in [-0.2, -0.15) is 0 Å². The van der Waals surface area contributed by atoms with E-state index in [0.29, 0.717) is 31.6 Å². The van der Waals surface area contributed by atoms with Gasteiger partial charge in [-0.1, -0.05) is 60.2 Å². The summed E-state index contributed by atoms with van der Waals surface area (Å²) in [7, 11) is 0. The summed E-state index contributed by atoms with van der Waals surface area (Å²) >= 11 is 5.29. The number of hydrogen-bond acceptors (Lipinski definition) is 3. The van der Waals surface area contributed by atoms with E-state index in [2.05, 4.69) is 17.4 Å². The van der Waals surface area contributed by atoms with Crippen molar-refractivity contribution in [2.45, 2.75) is 32.7 Å². The number of hydrogen-bond donors (Lipinski definition) is 1. The van der Waals surface area contributed by atoms with Crippen LogP contribution in [-0.4, -0.2) is 11.0 Å². The van der Waals surface area contributed by atoms with Crippen LogP contribution in [0.25, 0.3) is 0 Å². The number of esters is 1. The molecule has 2 aromatic rings. The number of nitrogens with one attached hydrogen (secondary N) is 1. The van der Waals surface area contributed by atoms with Crippen LogP contribution < -0.4 is 10.1 Å². The molecule has 4 heteroatoms. The Morgan fingerprint density at radius 1 is 1.04 bits per heavy atom. The lowest BCUT2D eigenvalue weighted by atomic mass is 10.2. The molecule has 0 unspecified atom stereocenters. The molecule has 0 saturated carbocycles. The smallest absolute Gasteiger partial charge is 0.311 e. The first-order valence-corrected chi connectivity index (χ1v) is 8.12.